The number of carbonyl (C=O) groups excluding carboxylic acids is 2. The topological polar surface area (TPSA) is 172 Å². The van der Waals surface area contributed by atoms with Gasteiger partial charge in [0, 0.05) is 24.7 Å². The first-order chi connectivity index (χ1) is 17.1. The second kappa shape index (κ2) is 10.8. The highest BCUT2D eigenvalue weighted by Gasteiger charge is 2.34. The van der Waals surface area contributed by atoms with Gasteiger partial charge in [-0.15, -0.1) is 0 Å². The molecular weight excluding hydrogens is 504 g/mol. The van der Waals surface area contributed by atoms with Crippen molar-refractivity contribution >= 4 is 31.1 Å². The van der Waals surface area contributed by atoms with Crippen LogP contribution >= 0.6 is 7.82 Å². The molecule has 0 radical (unpaired) electrons. The summed E-state index contributed by atoms with van der Waals surface area (Å²) in [6.45, 7) is -0.419. The van der Waals surface area contributed by atoms with Gasteiger partial charge in [-0.2, -0.15) is 0 Å². The summed E-state index contributed by atoms with van der Waals surface area (Å²) in [5.41, 5.74) is 1.24. The number of hydrogen-bond donors (Lipinski definition) is 3. The number of anilines is 1. The quantitative estimate of drug-likeness (QED) is 0.401. The van der Waals surface area contributed by atoms with E-state index in [9.17, 15) is 23.7 Å². The highest BCUT2D eigenvalue weighted by Crippen LogP contribution is 2.36. The molecule has 3 heterocycles. The Bertz CT molecular complexity index is 1180. The van der Waals surface area contributed by atoms with Crippen LogP contribution in [0, 0.1) is 5.82 Å². The van der Waals surface area contributed by atoms with Crippen molar-refractivity contribution in [3.8, 4) is 5.88 Å². The Kier molecular flexibility index (Phi) is 7.71. The Morgan fingerprint density at radius 2 is 2.14 bits per heavy atom. The molecule has 2 aliphatic heterocycles. The van der Waals surface area contributed by atoms with E-state index in [1.807, 2.05) is 0 Å². The molecule has 1 fully saturated rings. The number of halogens is 1. The summed E-state index contributed by atoms with van der Waals surface area (Å²) in [5, 5.41) is 13.4. The molecule has 2 aromatic rings. The van der Waals surface area contributed by atoms with Crippen LogP contribution in [0.5, 0.6) is 5.88 Å². The van der Waals surface area contributed by atoms with E-state index in [1.54, 1.807) is 12.1 Å². The third kappa shape index (κ3) is 6.28. The van der Waals surface area contributed by atoms with Crippen molar-refractivity contribution in [2.75, 3.05) is 37.7 Å². The number of aliphatic hydroxyl groups excluding tert-OH is 1. The number of aromatic nitrogens is 1. The second-order valence-electron chi connectivity index (χ2n) is 7.99. The van der Waals surface area contributed by atoms with Crippen molar-refractivity contribution in [2.24, 2.45) is 0 Å². The van der Waals surface area contributed by atoms with E-state index >= 15 is 0 Å². The molecule has 0 aliphatic carbocycles. The van der Waals surface area contributed by atoms with Gasteiger partial charge in [-0.1, -0.05) is 6.08 Å². The Morgan fingerprint density at radius 3 is 2.78 bits per heavy atom. The highest BCUT2D eigenvalue weighted by atomic mass is 31.2. The number of carbonyl (C=O) groups is 2. The molecule has 13 nitrogen and oxygen atoms in total. The van der Waals surface area contributed by atoms with Crippen LogP contribution in [-0.4, -0.2) is 82.0 Å². The van der Waals surface area contributed by atoms with E-state index in [2.05, 4.69) is 14.2 Å². The molecular formula is C21H23FN3O10P. The molecule has 15 heteroatoms. The molecule has 36 heavy (non-hydrogen) atoms. The van der Waals surface area contributed by atoms with Gasteiger partial charge in [0.25, 0.3) is 11.8 Å². The lowest BCUT2D eigenvalue weighted by atomic mass is 9.98. The molecule has 0 saturated carbocycles. The van der Waals surface area contributed by atoms with Crippen LogP contribution in [0.15, 0.2) is 41.1 Å². The average Bonchev–Trinajstić information content (AvgIpc) is 3.50. The minimum absolute atomic E-state index is 0.0532. The van der Waals surface area contributed by atoms with E-state index in [0.717, 1.165) is 0 Å². The maximum atomic E-state index is 15.0. The predicted octanol–water partition coefficient (Wildman–Crippen LogP) is 1.30. The van der Waals surface area contributed by atoms with Crippen molar-refractivity contribution in [2.45, 2.75) is 18.6 Å². The first-order valence-electron chi connectivity index (χ1n) is 10.8. The molecule has 1 aromatic heterocycles. The van der Waals surface area contributed by atoms with Crippen molar-refractivity contribution in [3.05, 3.63) is 48.0 Å². The Morgan fingerprint density at radius 1 is 1.33 bits per heavy atom. The number of cyclic esters (lactones) is 1. The van der Waals surface area contributed by atoms with Crippen molar-refractivity contribution < 1.29 is 52.0 Å². The van der Waals surface area contributed by atoms with Gasteiger partial charge in [-0.05, 0) is 35.3 Å². The van der Waals surface area contributed by atoms with E-state index < -0.39 is 44.5 Å². The molecule has 0 unspecified atom stereocenters. The summed E-state index contributed by atoms with van der Waals surface area (Å²) in [7, 11) is -4.82. The zero-order valence-electron chi connectivity index (χ0n) is 18.7. The summed E-state index contributed by atoms with van der Waals surface area (Å²) in [6.07, 6.45) is 0.290. The maximum Gasteiger partial charge on any atom is 0.469 e. The SMILES string of the molecule is O=C([C@@H](O)COP(=O)(O)O)N1CC=C(c2ccc(N3C[C@H](COc4ccon4)OC3=O)cc2F)CC1. The fourth-order valence-corrected chi connectivity index (χ4v) is 4.10. The van der Waals surface area contributed by atoms with Crippen molar-refractivity contribution in [1.82, 2.24) is 10.1 Å². The summed E-state index contributed by atoms with van der Waals surface area (Å²) in [5.74, 6) is -1.07. The number of nitrogens with zero attached hydrogens (tertiary/aromatic N) is 3. The van der Waals surface area contributed by atoms with Gasteiger partial charge in [0.2, 0.25) is 0 Å². The van der Waals surface area contributed by atoms with E-state index in [1.165, 1.54) is 34.3 Å². The average molecular weight is 527 g/mol. The van der Waals surface area contributed by atoms with Gasteiger partial charge in [0.15, 0.2) is 12.2 Å². The zero-order chi connectivity index (χ0) is 25.9. The smallest absolute Gasteiger partial charge is 0.469 e. The maximum absolute atomic E-state index is 15.0. The Balaban J connectivity index is 1.35. The molecule has 0 bridgehead atoms. The van der Waals surface area contributed by atoms with E-state index in [-0.39, 0.29) is 38.5 Å². The number of ether oxygens (including phenoxy) is 2. The van der Waals surface area contributed by atoms with Crippen LogP contribution in [0.2, 0.25) is 0 Å². The lowest BCUT2D eigenvalue weighted by Gasteiger charge is -2.28. The molecule has 2 atom stereocenters. The van der Waals surface area contributed by atoms with Gasteiger partial charge in [0.1, 0.15) is 18.7 Å². The molecule has 4 rings (SSSR count). The number of hydrogen-bond acceptors (Lipinski definition) is 9. The molecule has 2 amide bonds. The van der Waals surface area contributed by atoms with Crippen molar-refractivity contribution in [3.63, 3.8) is 0 Å². The number of phosphoric acid groups is 1. The lowest BCUT2D eigenvalue weighted by Crippen LogP contribution is -2.43. The van der Waals surface area contributed by atoms with Crippen LogP contribution in [0.3, 0.4) is 0 Å². The Hall–Kier alpha value is -3.29. The number of rotatable bonds is 9. The van der Waals surface area contributed by atoms with Crippen LogP contribution in [0.4, 0.5) is 14.9 Å². The summed E-state index contributed by atoms with van der Waals surface area (Å²) in [4.78, 5) is 44.5. The third-order valence-electron chi connectivity index (χ3n) is 5.52. The predicted molar refractivity (Wildman–Crippen MR) is 119 cm³/mol. The molecule has 3 N–H and O–H groups in total. The molecule has 1 aromatic carbocycles. The van der Waals surface area contributed by atoms with Crippen LogP contribution < -0.4 is 9.64 Å². The first kappa shape index (κ1) is 25.8. The summed E-state index contributed by atoms with van der Waals surface area (Å²) in [6, 6.07) is 5.85. The molecule has 2 aliphatic rings. The Labute approximate surface area is 203 Å². The summed E-state index contributed by atoms with van der Waals surface area (Å²) < 4.78 is 45.2. The van der Waals surface area contributed by atoms with Crippen LogP contribution in [0.25, 0.3) is 5.57 Å². The third-order valence-corrected chi connectivity index (χ3v) is 6.01. The minimum atomic E-state index is -4.82. The summed E-state index contributed by atoms with van der Waals surface area (Å²) >= 11 is 0. The lowest BCUT2D eigenvalue weighted by molar-refractivity contribution is -0.141. The first-order valence-corrected chi connectivity index (χ1v) is 12.3. The fourth-order valence-electron chi connectivity index (χ4n) is 3.77. The number of amides is 2. The largest absolute Gasteiger partial charge is 0.471 e. The van der Waals surface area contributed by atoms with Gasteiger partial charge in [-0.25, -0.2) is 13.8 Å². The van der Waals surface area contributed by atoms with Crippen LogP contribution in [0.1, 0.15) is 12.0 Å². The molecule has 194 valence electrons. The van der Waals surface area contributed by atoms with Gasteiger partial charge in [-0.3, -0.25) is 14.2 Å². The standard InChI is InChI=1S/C21H23FN3O10P/c22-17-9-14(25-10-15(35-21(25)28)11-32-19-5-8-33-23-19)1-2-16(17)13-3-6-24(7-4-13)20(27)18(26)12-34-36(29,30)31/h1-3,5,8-9,15,18,26H,4,6-7,10-12H2,(H2,29,30,31)/t15-,18+/m1/s1. The highest BCUT2D eigenvalue weighted by molar-refractivity contribution is 7.46. The van der Waals surface area contributed by atoms with Gasteiger partial charge >= 0.3 is 13.9 Å². The number of benzene rings is 1. The normalized spacial score (nSPS) is 19.2. The molecule has 1 saturated heterocycles. The van der Waals surface area contributed by atoms with Gasteiger partial charge in [0.05, 0.1) is 18.8 Å². The fraction of sp³-hybridized carbons (Fsp3) is 0.381. The van der Waals surface area contributed by atoms with Crippen LogP contribution in [-0.2, 0) is 18.6 Å². The second-order valence-corrected chi connectivity index (χ2v) is 9.23. The zero-order valence-corrected chi connectivity index (χ0v) is 19.6. The number of aliphatic hydroxyl groups is 1. The van der Waals surface area contributed by atoms with E-state index in [0.29, 0.717) is 16.8 Å². The molecule has 0 spiro atoms. The van der Waals surface area contributed by atoms with E-state index in [4.69, 9.17) is 19.3 Å². The monoisotopic (exact) mass is 527 g/mol. The van der Waals surface area contributed by atoms with Crippen molar-refractivity contribution in [1.29, 1.82) is 0 Å². The van der Waals surface area contributed by atoms with Gasteiger partial charge < -0.3 is 33.8 Å². The number of phosphoric ester groups is 1. The minimum Gasteiger partial charge on any atom is -0.471 e.